The summed E-state index contributed by atoms with van der Waals surface area (Å²) in [4.78, 5) is 1.66. The van der Waals surface area contributed by atoms with E-state index in [4.69, 9.17) is 10.2 Å². The van der Waals surface area contributed by atoms with Crippen LogP contribution < -0.4 is 0 Å². The van der Waals surface area contributed by atoms with Crippen molar-refractivity contribution in [3.05, 3.63) is 0 Å². The van der Waals surface area contributed by atoms with Crippen molar-refractivity contribution in [2.45, 2.75) is 20.1 Å². The van der Waals surface area contributed by atoms with Crippen LogP contribution in [-0.4, -0.2) is 52.8 Å². The SMILES string of the molecule is CC(C)C(O)N(CCO)CCO. The van der Waals surface area contributed by atoms with Gasteiger partial charge in [0.1, 0.15) is 6.23 Å². The van der Waals surface area contributed by atoms with Crippen molar-refractivity contribution >= 4 is 0 Å². The smallest absolute Gasteiger partial charge is 0.109 e. The molecule has 0 heterocycles. The predicted molar refractivity (Wildman–Crippen MR) is 46.6 cm³/mol. The van der Waals surface area contributed by atoms with Crippen LogP contribution in [0, 0.1) is 5.92 Å². The minimum absolute atomic E-state index is 0.00375. The number of aliphatic hydroxyl groups is 3. The Balaban J connectivity index is 3.89. The van der Waals surface area contributed by atoms with Crippen molar-refractivity contribution in [2.75, 3.05) is 26.3 Å². The molecule has 3 N–H and O–H groups in total. The van der Waals surface area contributed by atoms with Gasteiger partial charge in [-0.15, -0.1) is 0 Å². The fraction of sp³-hybridized carbons (Fsp3) is 1.00. The van der Waals surface area contributed by atoms with E-state index in [2.05, 4.69) is 0 Å². The highest BCUT2D eigenvalue weighted by Crippen LogP contribution is 2.06. The molecule has 0 aromatic carbocycles. The Kier molecular flexibility index (Phi) is 6.28. The van der Waals surface area contributed by atoms with Gasteiger partial charge in [0.2, 0.25) is 0 Å². The molecular formula is C8H19NO3. The molecule has 4 nitrogen and oxygen atoms in total. The molecule has 0 aliphatic carbocycles. The second-order valence-corrected chi connectivity index (χ2v) is 3.14. The molecule has 0 aliphatic rings. The van der Waals surface area contributed by atoms with Gasteiger partial charge in [0.25, 0.3) is 0 Å². The lowest BCUT2D eigenvalue weighted by atomic mass is 10.1. The first-order chi connectivity index (χ1) is 5.63. The maximum atomic E-state index is 9.55. The molecule has 0 aliphatic heterocycles. The number of hydrogen-bond donors (Lipinski definition) is 3. The number of rotatable bonds is 6. The zero-order valence-corrected chi connectivity index (χ0v) is 7.77. The molecule has 0 spiro atoms. The van der Waals surface area contributed by atoms with E-state index in [0.29, 0.717) is 13.1 Å². The van der Waals surface area contributed by atoms with Crippen LogP contribution in [0.2, 0.25) is 0 Å². The standard InChI is InChI=1S/C8H19NO3/c1-7(2)8(12)9(3-5-10)4-6-11/h7-8,10-12H,3-6H2,1-2H3. The van der Waals surface area contributed by atoms with Crippen LogP contribution in [0.4, 0.5) is 0 Å². The van der Waals surface area contributed by atoms with Crippen LogP contribution in [0.15, 0.2) is 0 Å². The summed E-state index contributed by atoms with van der Waals surface area (Å²) >= 11 is 0. The molecule has 0 saturated heterocycles. The third kappa shape index (κ3) is 4.01. The van der Waals surface area contributed by atoms with Crippen LogP contribution in [0.5, 0.6) is 0 Å². The van der Waals surface area contributed by atoms with E-state index < -0.39 is 6.23 Å². The van der Waals surface area contributed by atoms with Gasteiger partial charge in [-0.2, -0.15) is 0 Å². The predicted octanol–water partition coefficient (Wildman–Crippen LogP) is -0.753. The second kappa shape index (κ2) is 6.37. The largest absolute Gasteiger partial charge is 0.395 e. The van der Waals surface area contributed by atoms with Gasteiger partial charge in [-0.05, 0) is 5.92 Å². The van der Waals surface area contributed by atoms with E-state index in [1.54, 1.807) is 4.90 Å². The van der Waals surface area contributed by atoms with Crippen LogP contribution in [0.1, 0.15) is 13.8 Å². The zero-order chi connectivity index (χ0) is 9.56. The topological polar surface area (TPSA) is 63.9 Å². The summed E-state index contributed by atoms with van der Waals surface area (Å²) < 4.78 is 0. The van der Waals surface area contributed by atoms with Crippen molar-refractivity contribution in [2.24, 2.45) is 5.92 Å². The molecule has 1 atom stereocenters. The van der Waals surface area contributed by atoms with Crippen molar-refractivity contribution < 1.29 is 15.3 Å². The van der Waals surface area contributed by atoms with Gasteiger partial charge < -0.3 is 15.3 Å². The van der Waals surface area contributed by atoms with Crippen LogP contribution in [-0.2, 0) is 0 Å². The first kappa shape index (κ1) is 11.8. The van der Waals surface area contributed by atoms with E-state index >= 15 is 0 Å². The minimum Gasteiger partial charge on any atom is -0.395 e. The zero-order valence-electron chi connectivity index (χ0n) is 7.77. The Bertz CT molecular complexity index is 102. The minimum atomic E-state index is -0.579. The van der Waals surface area contributed by atoms with Gasteiger partial charge in [0.15, 0.2) is 0 Å². The van der Waals surface area contributed by atoms with Crippen LogP contribution >= 0.6 is 0 Å². The Morgan fingerprint density at radius 1 is 1.08 bits per heavy atom. The van der Waals surface area contributed by atoms with Crippen molar-refractivity contribution in [1.29, 1.82) is 0 Å². The summed E-state index contributed by atoms with van der Waals surface area (Å²) in [6.07, 6.45) is -0.579. The van der Waals surface area contributed by atoms with Gasteiger partial charge in [-0.1, -0.05) is 13.8 Å². The van der Waals surface area contributed by atoms with Crippen molar-refractivity contribution in [3.63, 3.8) is 0 Å². The molecule has 0 rings (SSSR count). The molecule has 0 saturated carbocycles. The summed E-state index contributed by atoms with van der Waals surface area (Å²) in [7, 11) is 0. The maximum Gasteiger partial charge on any atom is 0.109 e. The van der Waals surface area contributed by atoms with Crippen molar-refractivity contribution in [3.8, 4) is 0 Å². The molecule has 12 heavy (non-hydrogen) atoms. The summed E-state index contributed by atoms with van der Waals surface area (Å²) in [6.45, 7) is 4.60. The Morgan fingerprint density at radius 3 is 1.75 bits per heavy atom. The van der Waals surface area contributed by atoms with Gasteiger partial charge >= 0.3 is 0 Å². The monoisotopic (exact) mass is 177 g/mol. The molecule has 4 heteroatoms. The van der Waals surface area contributed by atoms with Gasteiger partial charge in [-0.3, -0.25) is 4.90 Å². The molecule has 0 bridgehead atoms. The summed E-state index contributed by atoms with van der Waals surface area (Å²) in [5.74, 6) is 0.114. The molecule has 0 aromatic heterocycles. The van der Waals surface area contributed by atoms with Gasteiger partial charge in [0, 0.05) is 13.1 Å². The fourth-order valence-corrected chi connectivity index (χ4v) is 1.05. The molecule has 74 valence electrons. The lowest BCUT2D eigenvalue weighted by Crippen LogP contribution is -2.42. The average Bonchev–Trinajstić information content (AvgIpc) is 2.03. The fourth-order valence-electron chi connectivity index (χ4n) is 1.05. The molecule has 0 fully saturated rings. The molecule has 0 aromatic rings. The third-order valence-electron chi connectivity index (χ3n) is 1.74. The van der Waals surface area contributed by atoms with Crippen LogP contribution in [0.3, 0.4) is 0 Å². The van der Waals surface area contributed by atoms with E-state index in [-0.39, 0.29) is 19.1 Å². The molecule has 0 radical (unpaired) electrons. The molecule has 1 unspecified atom stereocenters. The molecular weight excluding hydrogens is 158 g/mol. The summed E-state index contributed by atoms with van der Waals surface area (Å²) in [5.41, 5.74) is 0. The van der Waals surface area contributed by atoms with E-state index in [0.717, 1.165) is 0 Å². The average molecular weight is 177 g/mol. The van der Waals surface area contributed by atoms with E-state index in [1.165, 1.54) is 0 Å². The Morgan fingerprint density at radius 2 is 1.50 bits per heavy atom. The highest BCUT2D eigenvalue weighted by Gasteiger charge is 2.17. The number of aliphatic hydroxyl groups excluding tert-OH is 3. The summed E-state index contributed by atoms with van der Waals surface area (Å²) in [6, 6.07) is 0. The number of nitrogens with zero attached hydrogens (tertiary/aromatic N) is 1. The van der Waals surface area contributed by atoms with Gasteiger partial charge in [0.05, 0.1) is 13.2 Å². The van der Waals surface area contributed by atoms with E-state index in [9.17, 15) is 5.11 Å². The highest BCUT2D eigenvalue weighted by atomic mass is 16.3. The van der Waals surface area contributed by atoms with Gasteiger partial charge in [-0.25, -0.2) is 0 Å². The van der Waals surface area contributed by atoms with Crippen molar-refractivity contribution in [1.82, 2.24) is 4.90 Å². The first-order valence-corrected chi connectivity index (χ1v) is 4.27. The first-order valence-electron chi connectivity index (χ1n) is 4.27. The Labute approximate surface area is 73.4 Å². The molecule has 0 amide bonds. The summed E-state index contributed by atoms with van der Waals surface area (Å²) in [5, 5.41) is 26.9. The van der Waals surface area contributed by atoms with E-state index in [1.807, 2.05) is 13.8 Å². The van der Waals surface area contributed by atoms with Crippen LogP contribution in [0.25, 0.3) is 0 Å². The lowest BCUT2D eigenvalue weighted by molar-refractivity contribution is -0.0431. The quantitative estimate of drug-likeness (QED) is 0.467. The normalized spacial score (nSPS) is 14.2. The number of hydrogen-bond acceptors (Lipinski definition) is 4. The maximum absolute atomic E-state index is 9.55. The third-order valence-corrected chi connectivity index (χ3v) is 1.74. The second-order valence-electron chi connectivity index (χ2n) is 3.14. The Hall–Kier alpha value is -0.160. The lowest BCUT2D eigenvalue weighted by Gasteiger charge is -2.28. The highest BCUT2D eigenvalue weighted by molar-refractivity contribution is 4.63.